The molecule has 0 aromatic heterocycles. The molecule has 0 N–H and O–H groups in total. The number of hydrogen-bond acceptors (Lipinski definition) is 3. The molecule has 3 aromatic rings. The SMILES string of the molecule is C=CCN(c1ccc(OCc2ccccc2)cc1)S(=O)(=O)c1ccccc1. The summed E-state index contributed by atoms with van der Waals surface area (Å²) >= 11 is 0. The molecular weight excluding hydrogens is 358 g/mol. The molecule has 0 amide bonds. The van der Waals surface area contributed by atoms with Crippen molar-refractivity contribution >= 4 is 15.7 Å². The van der Waals surface area contributed by atoms with Crippen molar-refractivity contribution in [1.82, 2.24) is 0 Å². The Morgan fingerprint density at radius 2 is 1.44 bits per heavy atom. The number of anilines is 1. The molecule has 0 spiro atoms. The van der Waals surface area contributed by atoms with Gasteiger partial charge in [0.2, 0.25) is 0 Å². The molecule has 0 aliphatic carbocycles. The molecule has 5 heteroatoms. The summed E-state index contributed by atoms with van der Waals surface area (Å²) in [6, 6.07) is 25.3. The van der Waals surface area contributed by atoms with Crippen LogP contribution in [0.25, 0.3) is 0 Å². The molecular formula is C22H21NO3S. The van der Waals surface area contributed by atoms with Gasteiger partial charge in [0, 0.05) is 0 Å². The molecule has 3 aromatic carbocycles. The monoisotopic (exact) mass is 379 g/mol. The third-order valence-electron chi connectivity index (χ3n) is 4.00. The zero-order valence-corrected chi connectivity index (χ0v) is 15.7. The van der Waals surface area contributed by atoms with Gasteiger partial charge in [-0.25, -0.2) is 8.42 Å². The number of rotatable bonds is 8. The minimum atomic E-state index is -3.66. The van der Waals surface area contributed by atoms with E-state index in [1.807, 2.05) is 30.3 Å². The van der Waals surface area contributed by atoms with Gasteiger partial charge in [-0.15, -0.1) is 6.58 Å². The number of nitrogens with zero attached hydrogens (tertiary/aromatic N) is 1. The molecule has 0 atom stereocenters. The quantitative estimate of drug-likeness (QED) is 0.535. The van der Waals surface area contributed by atoms with E-state index in [0.29, 0.717) is 18.0 Å². The fourth-order valence-corrected chi connectivity index (χ4v) is 4.09. The third kappa shape index (κ3) is 4.57. The lowest BCUT2D eigenvalue weighted by atomic mass is 10.2. The molecule has 138 valence electrons. The Bertz CT molecular complexity index is 969. The van der Waals surface area contributed by atoms with Crippen LogP contribution >= 0.6 is 0 Å². The predicted octanol–water partition coefficient (Wildman–Crippen LogP) is 4.65. The van der Waals surface area contributed by atoms with Gasteiger partial charge >= 0.3 is 0 Å². The van der Waals surface area contributed by atoms with Gasteiger partial charge in [-0.05, 0) is 42.0 Å². The Hall–Kier alpha value is -3.05. The van der Waals surface area contributed by atoms with Crippen molar-refractivity contribution in [1.29, 1.82) is 0 Å². The molecule has 0 fully saturated rings. The maximum absolute atomic E-state index is 13.0. The van der Waals surface area contributed by atoms with Crippen LogP contribution in [0.2, 0.25) is 0 Å². The Labute approximate surface area is 160 Å². The molecule has 0 unspecified atom stereocenters. The first kappa shape index (κ1) is 18.7. The van der Waals surface area contributed by atoms with E-state index in [2.05, 4.69) is 6.58 Å². The zero-order valence-electron chi connectivity index (χ0n) is 14.9. The summed E-state index contributed by atoms with van der Waals surface area (Å²) in [5.41, 5.74) is 1.63. The fourth-order valence-electron chi connectivity index (χ4n) is 2.63. The Balaban J connectivity index is 1.79. The lowest BCUT2D eigenvalue weighted by Crippen LogP contribution is -2.31. The highest BCUT2D eigenvalue weighted by atomic mass is 32.2. The Morgan fingerprint density at radius 1 is 0.852 bits per heavy atom. The summed E-state index contributed by atoms with van der Waals surface area (Å²) in [7, 11) is -3.66. The van der Waals surface area contributed by atoms with E-state index < -0.39 is 10.0 Å². The van der Waals surface area contributed by atoms with Crippen molar-refractivity contribution in [2.24, 2.45) is 0 Å². The molecule has 0 bridgehead atoms. The van der Waals surface area contributed by atoms with Crippen molar-refractivity contribution in [3.05, 3.63) is 103 Å². The van der Waals surface area contributed by atoms with Crippen LogP contribution in [0.4, 0.5) is 5.69 Å². The summed E-state index contributed by atoms with van der Waals surface area (Å²) in [6.07, 6.45) is 1.57. The average molecular weight is 379 g/mol. The van der Waals surface area contributed by atoms with Crippen LogP contribution in [-0.2, 0) is 16.6 Å². The highest BCUT2D eigenvalue weighted by molar-refractivity contribution is 7.92. The van der Waals surface area contributed by atoms with Crippen LogP contribution in [0.15, 0.2) is 102 Å². The van der Waals surface area contributed by atoms with E-state index in [1.54, 1.807) is 60.7 Å². The summed E-state index contributed by atoms with van der Waals surface area (Å²) in [6.45, 7) is 4.32. The second-order valence-corrected chi connectivity index (χ2v) is 7.77. The molecule has 0 radical (unpaired) electrons. The second kappa shape index (κ2) is 8.56. The third-order valence-corrected chi connectivity index (χ3v) is 5.81. The largest absolute Gasteiger partial charge is 0.489 e. The predicted molar refractivity (Wildman–Crippen MR) is 108 cm³/mol. The highest BCUT2D eigenvalue weighted by Crippen LogP contribution is 2.26. The fraction of sp³-hybridized carbons (Fsp3) is 0.0909. The van der Waals surface area contributed by atoms with Crippen molar-refractivity contribution < 1.29 is 13.2 Å². The number of ether oxygens (including phenoxy) is 1. The summed E-state index contributed by atoms with van der Waals surface area (Å²) in [4.78, 5) is 0.247. The van der Waals surface area contributed by atoms with Gasteiger partial charge in [0.15, 0.2) is 0 Å². The first-order chi connectivity index (χ1) is 13.1. The van der Waals surface area contributed by atoms with Crippen LogP contribution in [0.3, 0.4) is 0 Å². The summed E-state index contributed by atoms with van der Waals surface area (Å²) in [5, 5.41) is 0. The van der Waals surface area contributed by atoms with Gasteiger partial charge in [-0.2, -0.15) is 0 Å². The van der Waals surface area contributed by atoms with E-state index in [1.165, 1.54) is 4.31 Å². The molecule has 27 heavy (non-hydrogen) atoms. The number of benzene rings is 3. The van der Waals surface area contributed by atoms with E-state index in [0.717, 1.165) is 5.56 Å². The average Bonchev–Trinajstić information content (AvgIpc) is 2.72. The van der Waals surface area contributed by atoms with Gasteiger partial charge in [-0.1, -0.05) is 54.6 Å². The van der Waals surface area contributed by atoms with Crippen LogP contribution in [0.1, 0.15) is 5.56 Å². The Kier molecular flexibility index (Phi) is 5.94. The molecule has 0 aliphatic rings. The minimum Gasteiger partial charge on any atom is -0.489 e. The van der Waals surface area contributed by atoms with Crippen LogP contribution in [0, 0.1) is 0 Å². The van der Waals surface area contributed by atoms with Crippen molar-refractivity contribution in [2.75, 3.05) is 10.8 Å². The van der Waals surface area contributed by atoms with Crippen LogP contribution < -0.4 is 9.04 Å². The first-order valence-electron chi connectivity index (χ1n) is 8.57. The second-order valence-electron chi connectivity index (χ2n) is 5.91. The van der Waals surface area contributed by atoms with Gasteiger partial charge in [-0.3, -0.25) is 4.31 Å². The molecule has 0 aliphatic heterocycles. The molecule has 3 rings (SSSR count). The van der Waals surface area contributed by atoms with E-state index in [-0.39, 0.29) is 11.4 Å². The Morgan fingerprint density at radius 3 is 2.04 bits per heavy atom. The molecule has 0 saturated carbocycles. The minimum absolute atomic E-state index is 0.182. The maximum Gasteiger partial charge on any atom is 0.264 e. The van der Waals surface area contributed by atoms with Crippen molar-refractivity contribution in [3.63, 3.8) is 0 Å². The highest BCUT2D eigenvalue weighted by Gasteiger charge is 2.23. The van der Waals surface area contributed by atoms with E-state index >= 15 is 0 Å². The van der Waals surface area contributed by atoms with Crippen LogP contribution in [-0.4, -0.2) is 15.0 Å². The van der Waals surface area contributed by atoms with Gasteiger partial charge in [0.05, 0.1) is 17.1 Å². The van der Waals surface area contributed by atoms with E-state index in [4.69, 9.17) is 4.74 Å². The van der Waals surface area contributed by atoms with Crippen LogP contribution in [0.5, 0.6) is 5.75 Å². The van der Waals surface area contributed by atoms with Crippen molar-refractivity contribution in [2.45, 2.75) is 11.5 Å². The standard InChI is InChI=1S/C22H21NO3S/c1-2-17-23(27(24,25)22-11-7-4-8-12-22)20-13-15-21(16-14-20)26-18-19-9-5-3-6-10-19/h2-16H,1,17-18H2. The molecule has 0 saturated heterocycles. The van der Waals surface area contributed by atoms with Gasteiger partial charge < -0.3 is 4.74 Å². The number of hydrogen-bond donors (Lipinski definition) is 0. The summed E-state index contributed by atoms with van der Waals surface area (Å²) < 4.78 is 33.0. The van der Waals surface area contributed by atoms with Crippen molar-refractivity contribution in [3.8, 4) is 5.75 Å². The lowest BCUT2D eigenvalue weighted by molar-refractivity contribution is 0.306. The molecule has 0 heterocycles. The van der Waals surface area contributed by atoms with Gasteiger partial charge in [0.1, 0.15) is 12.4 Å². The molecule has 4 nitrogen and oxygen atoms in total. The normalized spacial score (nSPS) is 11.0. The maximum atomic E-state index is 13.0. The first-order valence-corrected chi connectivity index (χ1v) is 10.0. The van der Waals surface area contributed by atoms with E-state index in [9.17, 15) is 8.42 Å². The lowest BCUT2D eigenvalue weighted by Gasteiger charge is -2.23. The smallest absolute Gasteiger partial charge is 0.264 e. The van der Waals surface area contributed by atoms with Gasteiger partial charge in [0.25, 0.3) is 10.0 Å². The topological polar surface area (TPSA) is 46.6 Å². The summed E-state index contributed by atoms with van der Waals surface area (Å²) in [5.74, 6) is 0.679. The zero-order chi connectivity index (χ0) is 19.1. The number of sulfonamides is 1.